The van der Waals surface area contributed by atoms with E-state index in [4.69, 9.17) is 0 Å². The molecule has 0 unspecified atom stereocenters. The van der Waals surface area contributed by atoms with Crippen LogP contribution in [0.2, 0.25) is 0 Å². The van der Waals surface area contributed by atoms with Gasteiger partial charge in [0.1, 0.15) is 0 Å². The Hall–Kier alpha value is -0.980. The molecule has 18 heavy (non-hydrogen) atoms. The first-order chi connectivity index (χ1) is 8.90. The molecule has 1 aliphatic heterocycles. The normalized spacial score (nSPS) is 15.9. The van der Waals surface area contributed by atoms with Crippen molar-refractivity contribution in [3.8, 4) is 0 Å². The number of aryl methyl sites for hydroxylation is 1. The summed E-state index contributed by atoms with van der Waals surface area (Å²) in [5.74, 6) is 0. The second-order valence-corrected chi connectivity index (χ2v) is 5.52. The Labute approximate surface area is 112 Å². The fourth-order valence-electron chi connectivity index (χ4n) is 2.78. The molecule has 1 aromatic carbocycles. The van der Waals surface area contributed by atoms with E-state index >= 15 is 0 Å². The molecule has 0 radical (unpaired) electrons. The second-order valence-electron chi connectivity index (χ2n) is 5.52. The predicted molar refractivity (Wildman–Crippen MR) is 80.4 cm³/mol. The Morgan fingerprint density at radius 2 is 1.61 bits per heavy atom. The molecule has 0 aliphatic carbocycles. The lowest BCUT2D eigenvalue weighted by Crippen LogP contribution is -2.29. The third-order valence-electron chi connectivity index (χ3n) is 3.98. The van der Waals surface area contributed by atoms with Gasteiger partial charge in [-0.25, -0.2) is 0 Å². The number of nitrogens with zero attached hydrogens (tertiary/aromatic N) is 1. The standard InChI is InChI=1S/C17H27N/c1-2-3-4-6-9-16-10-12-17(13-11-16)18-14-7-5-8-15-18/h10-13H,2-9,14-15H2,1H3. The van der Waals surface area contributed by atoms with Crippen molar-refractivity contribution < 1.29 is 0 Å². The molecule has 1 aliphatic rings. The summed E-state index contributed by atoms with van der Waals surface area (Å²) < 4.78 is 0. The van der Waals surface area contributed by atoms with Crippen molar-refractivity contribution >= 4 is 5.69 Å². The summed E-state index contributed by atoms with van der Waals surface area (Å²) in [5.41, 5.74) is 2.93. The summed E-state index contributed by atoms with van der Waals surface area (Å²) >= 11 is 0. The molecule has 1 fully saturated rings. The lowest BCUT2D eigenvalue weighted by molar-refractivity contribution is 0.578. The average Bonchev–Trinajstić information content (AvgIpc) is 2.45. The summed E-state index contributed by atoms with van der Waals surface area (Å²) in [5, 5.41) is 0. The fraction of sp³-hybridized carbons (Fsp3) is 0.647. The molecule has 0 aromatic heterocycles. The van der Waals surface area contributed by atoms with Gasteiger partial charge in [0, 0.05) is 18.8 Å². The van der Waals surface area contributed by atoms with Gasteiger partial charge >= 0.3 is 0 Å². The monoisotopic (exact) mass is 245 g/mol. The van der Waals surface area contributed by atoms with E-state index in [9.17, 15) is 0 Å². The minimum absolute atomic E-state index is 1.25. The first kappa shape index (κ1) is 13.5. The number of piperidine rings is 1. The van der Waals surface area contributed by atoms with Crippen LogP contribution in [0.15, 0.2) is 24.3 Å². The van der Waals surface area contributed by atoms with E-state index in [1.54, 1.807) is 0 Å². The number of hydrogen-bond acceptors (Lipinski definition) is 1. The molecular weight excluding hydrogens is 218 g/mol. The second kappa shape index (κ2) is 7.45. The molecular formula is C17H27N. The third kappa shape index (κ3) is 4.04. The smallest absolute Gasteiger partial charge is 0.0366 e. The minimum Gasteiger partial charge on any atom is -0.372 e. The largest absolute Gasteiger partial charge is 0.372 e. The summed E-state index contributed by atoms with van der Waals surface area (Å²) in [7, 11) is 0. The van der Waals surface area contributed by atoms with Crippen LogP contribution in [-0.2, 0) is 6.42 Å². The van der Waals surface area contributed by atoms with Gasteiger partial charge in [-0.15, -0.1) is 0 Å². The molecule has 0 bridgehead atoms. The summed E-state index contributed by atoms with van der Waals surface area (Å²) in [4.78, 5) is 2.53. The molecule has 1 heteroatoms. The number of hydrogen-bond donors (Lipinski definition) is 0. The van der Waals surface area contributed by atoms with Gasteiger partial charge in [-0.1, -0.05) is 38.3 Å². The molecule has 1 nitrogen and oxygen atoms in total. The zero-order valence-electron chi connectivity index (χ0n) is 11.8. The Balaban J connectivity index is 1.81. The van der Waals surface area contributed by atoms with Crippen LogP contribution >= 0.6 is 0 Å². The zero-order chi connectivity index (χ0) is 12.6. The number of benzene rings is 1. The van der Waals surface area contributed by atoms with Crippen molar-refractivity contribution in [1.29, 1.82) is 0 Å². The average molecular weight is 245 g/mol. The first-order valence-electron chi connectivity index (χ1n) is 7.74. The molecule has 0 spiro atoms. The van der Waals surface area contributed by atoms with Crippen molar-refractivity contribution in [2.45, 2.75) is 58.3 Å². The maximum Gasteiger partial charge on any atom is 0.0366 e. The van der Waals surface area contributed by atoms with Crippen LogP contribution in [-0.4, -0.2) is 13.1 Å². The van der Waals surface area contributed by atoms with E-state index in [2.05, 4.69) is 36.1 Å². The molecule has 1 aromatic rings. The van der Waals surface area contributed by atoms with E-state index in [0.717, 1.165) is 0 Å². The van der Waals surface area contributed by atoms with Crippen LogP contribution in [0.5, 0.6) is 0 Å². The van der Waals surface area contributed by atoms with Crippen molar-refractivity contribution in [2.24, 2.45) is 0 Å². The highest BCUT2D eigenvalue weighted by Crippen LogP contribution is 2.20. The van der Waals surface area contributed by atoms with Crippen molar-refractivity contribution in [3.05, 3.63) is 29.8 Å². The molecule has 0 saturated carbocycles. The van der Waals surface area contributed by atoms with Gasteiger partial charge in [0.25, 0.3) is 0 Å². The van der Waals surface area contributed by atoms with Crippen LogP contribution in [0.1, 0.15) is 57.4 Å². The van der Waals surface area contributed by atoms with Gasteiger partial charge in [-0.05, 0) is 49.8 Å². The minimum atomic E-state index is 1.25. The van der Waals surface area contributed by atoms with Gasteiger partial charge in [0.05, 0.1) is 0 Å². The Kier molecular flexibility index (Phi) is 5.57. The molecule has 1 heterocycles. The molecule has 2 rings (SSSR count). The van der Waals surface area contributed by atoms with Crippen LogP contribution in [0.3, 0.4) is 0 Å². The summed E-state index contributed by atoms with van der Waals surface area (Å²) in [6, 6.07) is 9.30. The van der Waals surface area contributed by atoms with Crippen LogP contribution in [0.25, 0.3) is 0 Å². The summed E-state index contributed by atoms with van der Waals surface area (Å²) in [6.45, 7) is 4.76. The zero-order valence-corrected chi connectivity index (χ0v) is 11.8. The molecule has 0 N–H and O–H groups in total. The highest BCUT2D eigenvalue weighted by Gasteiger charge is 2.10. The Morgan fingerprint density at radius 3 is 2.28 bits per heavy atom. The quantitative estimate of drug-likeness (QED) is 0.651. The van der Waals surface area contributed by atoms with Gasteiger partial charge < -0.3 is 4.90 Å². The van der Waals surface area contributed by atoms with Gasteiger partial charge in [-0.3, -0.25) is 0 Å². The molecule has 100 valence electrons. The predicted octanol–water partition coefficient (Wildman–Crippen LogP) is 4.80. The van der Waals surface area contributed by atoms with Gasteiger partial charge in [0.15, 0.2) is 0 Å². The van der Waals surface area contributed by atoms with Crippen molar-refractivity contribution in [2.75, 3.05) is 18.0 Å². The highest BCUT2D eigenvalue weighted by molar-refractivity contribution is 5.47. The fourth-order valence-corrected chi connectivity index (χ4v) is 2.78. The van der Waals surface area contributed by atoms with Crippen molar-refractivity contribution in [3.63, 3.8) is 0 Å². The topological polar surface area (TPSA) is 3.24 Å². The number of rotatable bonds is 6. The molecule has 0 amide bonds. The number of anilines is 1. The Morgan fingerprint density at radius 1 is 0.889 bits per heavy atom. The SMILES string of the molecule is CCCCCCc1ccc(N2CCCCC2)cc1. The molecule has 1 saturated heterocycles. The van der Waals surface area contributed by atoms with E-state index in [1.165, 1.54) is 75.7 Å². The lowest BCUT2D eigenvalue weighted by atomic mass is 10.0. The van der Waals surface area contributed by atoms with E-state index in [-0.39, 0.29) is 0 Å². The van der Waals surface area contributed by atoms with E-state index in [1.807, 2.05) is 0 Å². The highest BCUT2D eigenvalue weighted by atomic mass is 15.1. The van der Waals surface area contributed by atoms with E-state index in [0.29, 0.717) is 0 Å². The van der Waals surface area contributed by atoms with Crippen LogP contribution in [0.4, 0.5) is 5.69 Å². The van der Waals surface area contributed by atoms with Crippen molar-refractivity contribution in [1.82, 2.24) is 0 Å². The first-order valence-corrected chi connectivity index (χ1v) is 7.74. The van der Waals surface area contributed by atoms with Gasteiger partial charge in [-0.2, -0.15) is 0 Å². The lowest BCUT2D eigenvalue weighted by Gasteiger charge is -2.28. The third-order valence-corrected chi connectivity index (χ3v) is 3.98. The maximum atomic E-state index is 2.53. The maximum absolute atomic E-state index is 2.53. The number of unbranched alkanes of at least 4 members (excludes halogenated alkanes) is 3. The Bertz CT molecular complexity index is 322. The van der Waals surface area contributed by atoms with Crippen LogP contribution in [0, 0.1) is 0 Å². The van der Waals surface area contributed by atoms with Gasteiger partial charge in [0.2, 0.25) is 0 Å². The molecule has 0 atom stereocenters. The summed E-state index contributed by atoms with van der Waals surface area (Å²) in [6.07, 6.45) is 10.8. The van der Waals surface area contributed by atoms with Crippen LogP contribution < -0.4 is 4.90 Å². The van der Waals surface area contributed by atoms with E-state index < -0.39 is 0 Å².